The predicted octanol–water partition coefficient (Wildman–Crippen LogP) is 2.47. The van der Waals surface area contributed by atoms with Crippen molar-refractivity contribution in [2.24, 2.45) is 13.0 Å². The number of H-pyrrole nitrogens is 1. The zero-order valence-corrected chi connectivity index (χ0v) is 17.7. The van der Waals surface area contributed by atoms with Crippen molar-refractivity contribution >= 4 is 22.8 Å². The first-order valence-corrected chi connectivity index (χ1v) is 10.6. The fourth-order valence-electron chi connectivity index (χ4n) is 4.23. The van der Waals surface area contributed by atoms with Crippen LogP contribution < -0.4 is 20.7 Å². The quantitative estimate of drug-likeness (QED) is 0.674. The number of benzene rings is 1. The maximum Gasteiger partial charge on any atom is 0.364 e. The second-order valence-electron chi connectivity index (χ2n) is 8.14. The summed E-state index contributed by atoms with van der Waals surface area (Å²) in [5, 5.41) is 0. The molecule has 3 aromatic rings. The molecule has 0 bridgehead atoms. The molecule has 1 N–H and O–H groups in total. The van der Waals surface area contributed by atoms with Gasteiger partial charge in [-0.2, -0.15) is 0 Å². The third-order valence-corrected chi connectivity index (χ3v) is 5.92. The van der Waals surface area contributed by atoms with Crippen molar-refractivity contribution in [1.29, 1.82) is 0 Å². The van der Waals surface area contributed by atoms with Gasteiger partial charge in [0, 0.05) is 19.5 Å². The fraction of sp³-hybridized carbons (Fsp3) is 0.500. The lowest BCUT2D eigenvalue weighted by atomic mass is 10.1. The lowest BCUT2D eigenvalue weighted by molar-refractivity contribution is -0.669. The van der Waals surface area contributed by atoms with Crippen LogP contribution in [-0.2, 0) is 26.6 Å². The first-order chi connectivity index (χ1) is 14.0. The minimum atomic E-state index is -0.262. The molecular weight excluding hydrogens is 366 g/mol. The molecule has 29 heavy (non-hydrogen) atoms. The normalized spacial score (nSPS) is 16.4. The molecule has 0 unspecified atom stereocenters. The van der Waals surface area contributed by atoms with Crippen molar-refractivity contribution in [2.75, 3.05) is 11.4 Å². The molecule has 3 heterocycles. The molecule has 1 aromatic carbocycles. The van der Waals surface area contributed by atoms with Crippen molar-refractivity contribution in [3.63, 3.8) is 0 Å². The number of hydrogen-bond donors (Lipinski definition) is 1. The van der Waals surface area contributed by atoms with E-state index in [2.05, 4.69) is 59.5 Å². The Hall–Kier alpha value is -2.83. The molecule has 0 radical (unpaired) electrons. The van der Waals surface area contributed by atoms with E-state index in [1.807, 2.05) is 0 Å². The van der Waals surface area contributed by atoms with Gasteiger partial charge in [-0.05, 0) is 30.5 Å². The van der Waals surface area contributed by atoms with Crippen molar-refractivity contribution in [3.8, 4) is 0 Å². The lowest BCUT2D eigenvalue weighted by Gasteiger charge is -2.26. The third kappa shape index (κ3) is 3.18. The summed E-state index contributed by atoms with van der Waals surface area (Å²) >= 11 is 0. The summed E-state index contributed by atoms with van der Waals surface area (Å²) in [5.41, 5.74) is 3.10. The number of imidazole rings is 1. The lowest BCUT2D eigenvalue weighted by Crippen LogP contribution is -2.52. The average molecular weight is 397 g/mol. The van der Waals surface area contributed by atoms with Crippen LogP contribution in [0.3, 0.4) is 0 Å². The van der Waals surface area contributed by atoms with E-state index in [0.717, 1.165) is 44.0 Å². The number of aryl methyl sites for hydroxylation is 2. The summed E-state index contributed by atoms with van der Waals surface area (Å²) in [4.78, 5) is 31.7. The Balaban J connectivity index is 1.93. The highest BCUT2D eigenvalue weighted by Crippen LogP contribution is 2.28. The second kappa shape index (κ2) is 7.54. The maximum absolute atomic E-state index is 13.3. The highest BCUT2D eigenvalue weighted by atomic mass is 16.2. The van der Waals surface area contributed by atoms with Crippen LogP contribution in [0.5, 0.6) is 0 Å². The van der Waals surface area contributed by atoms with Crippen molar-refractivity contribution in [2.45, 2.75) is 53.1 Å². The zero-order chi connectivity index (χ0) is 20.7. The number of nitrogens with zero attached hydrogens (tertiary/aromatic N) is 4. The van der Waals surface area contributed by atoms with Gasteiger partial charge in [0.2, 0.25) is 11.2 Å². The molecule has 0 spiro atoms. The van der Waals surface area contributed by atoms with Gasteiger partial charge in [-0.3, -0.25) is 13.9 Å². The van der Waals surface area contributed by atoms with Crippen molar-refractivity contribution in [1.82, 2.24) is 14.1 Å². The first-order valence-electron chi connectivity index (χ1n) is 10.6. The maximum atomic E-state index is 13.3. The Morgan fingerprint density at radius 1 is 1.17 bits per heavy atom. The van der Waals surface area contributed by atoms with E-state index in [1.54, 1.807) is 11.6 Å². The van der Waals surface area contributed by atoms with Gasteiger partial charge in [0.05, 0.1) is 13.1 Å². The van der Waals surface area contributed by atoms with Crippen LogP contribution in [0.4, 0.5) is 11.6 Å². The van der Waals surface area contributed by atoms with E-state index in [4.69, 9.17) is 0 Å². The SMILES string of the molecule is CCCCn1c(=O)c2c([nH]c3[n+]2C[C@H](C)CN3c2ccc(CC)cc2)n(C)c1=O. The standard InChI is InChI=1S/C22H29N5O2/c1-5-7-12-25-20(28)18-19(24(4)22(25)29)23-21-26(13-15(3)14-27(18)21)17-10-8-16(6-2)9-11-17/h8-11,15H,5-7,12-14H2,1-4H3/p+1/t15-/m1/s1. The molecule has 0 fully saturated rings. The Bertz CT molecular complexity index is 1150. The number of fused-ring (bicyclic) bond motifs is 3. The Morgan fingerprint density at radius 2 is 1.90 bits per heavy atom. The Kier molecular flexibility index (Phi) is 5.06. The van der Waals surface area contributed by atoms with E-state index in [0.29, 0.717) is 23.6 Å². The van der Waals surface area contributed by atoms with Gasteiger partial charge in [0.15, 0.2) is 0 Å². The summed E-state index contributed by atoms with van der Waals surface area (Å²) in [6.45, 7) is 8.46. The molecule has 0 amide bonds. The van der Waals surface area contributed by atoms with E-state index in [-0.39, 0.29) is 11.2 Å². The van der Waals surface area contributed by atoms with Gasteiger partial charge >= 0.3 is 11.6 Å². The number of unbranched alkanes of at least 4 members (excludes halogenated alkanes) is 1. The summed E-state index contributed by atoms with van der Waals surface area (Å²) in [7, 11) is 1.73. The topological polar surface area (TPSA) is 66.9 Å². The highest BCUT2D eigenvalue weighted by Gasteiger charge is 2.35. The number of aromatic amines is 1. The molecule has 2 aromatic heterocycles. The van der Waals surface area contributed by atoms with Gasteiger partial charge in [-0.15, -0.1) is 0 Å². The first kappa shape index (κ1) is 19.5. The van der Waals surface area contributed by atoms with Crippen molar-refractivity contribution in [3.05, 3.63) is 50.7 Å². The summed E-state index contributed by atoms with van der Waals surface area (Å²) < 4.78 is 5.01. The van der Waals surface area contributed by atoms with Gasteiger partial charge in [-0.1, -0.05) is 39.3 Å². The molecule has 7 nitrogen and oxygen atoms in total. The van der Waals surface area contributed by atoms with Crippen LogP contribution in [0.15, 0.2) is 33.9 Å². The number of aromatic nitrogens is 4. The van der Waals surface area contributed by atoms with Crippen LogP contribution in [-0.4, -0.2) is 20.7 Å². The molecule has 1 atom stereocenters. The molecule has 154 valence electrons. The van der Waals surface area contributed by atoms with Gasteiger partial charge in [0.1, 0.15) is 5.69 Å². The molecule has 7 heteroatoms. The number of rotatable bonds is 5. The summed E-state index contributed by atoms with van der Waals surface area (Å²) in [6, 6.07) is 8.56. The molecule has 0 saturated heterocycles. The van der Waals surface area contributed by atoms with E-state index in [1.165, 1.54) is 10.1 Å². The van der Waals surface area contributed by atoms with Crippen LogP contribution in [0.1, 0.15) is 39.2 Å². The van der Waals surface area contributed by atoms with Gasteiger partial charge < -0.3 is 0 Å². The van der Waals surface area contributed by atoms with Crippen molar-refractivity contribution < 1.29 is 4.57 Å². The predicted molar refractivity (Wildman–Crippen MR) is 115 cm³/mol. The molecule has 0 aliphatic carbocycles. The largest absolute Gasteiger partial charge is 0.364 e. The van der Waals surface area contributed by atoms with Crippen LogP contribution >= 0.6 is 0 Å². The van der Waals surface area contributed by atoms with E-state index >= 15 is 0 Å². The average Bonchev–Trinajstić information content (AvgIpc) is 3.11. The molecule has 4 rings (SSSR count). The van der Waals surface area contributed by atoms with Crippen LogP contribution in [0.2, 0.25) is 0 Å². The third-order valence-electron chi connectivity index (χ3n) is 5.92. The second-order valence-corrected chi connectivity index (χ2v) is 8.14. The van der Waals surface area contributed by atoms with Gasteiger partial charge in [0.25, 0.3) is 5.56 Å². The fourth-order valence-corrected chi connectivity index (χ4v) is 4.23. The summed E-state index contributed by atoms with van der Waals surface area (Å²) in [5.74, 6) is 1.24. The molecule has 1 aliphatic rings. The minimum absolute atomic E-state index is 0.200. The van der Waals surface area contributed by atoms with Gasteiger partial charge in [-0.25, -0.2) is 19.2 Å². The Labute approximate surface area is 170 Å². The molecule has 1 aliphatic heterocycles. The smallest absolute Gasteiger partial charge is 0.267 e. The number of nitrogens with one attached hydrogen (secondary N) is 1. The van der Waals surface area contributed by atoms with E-state index in [9.17, 15) is 9.59 Å². The highest BCUT2D eigenvalue weighted by molar-refractivity contribution is 5.70. The number of anilines is 2. The molecule has 0 saturated carbocycles. The zero-order valence-electron chi connectivity index (χ0n) is 17.7. The Morgan fingerprint density at radius 3 is 2.55 bits per heavy atom. The van der Waals surface area contributed by atoms with Crippen LogP contribution in [0.25, 0.3) is 11.2 Å². The minimum Gasteiger partial charge on any atom is -0.267 e. The van der Waals surface area contributed by atoms with Crippen LogP contribution in [0, 0.1) is 5.92 Å². The summed E-state index contributed by atoms with van der Waals surface area (Å²) in [6.07, 6.45) is 2.75. The molecular formula is C22H30N5O2+. The van der Waals surface area contributed by atoms with E-state index < -0.39 is 0 Å². The monoisotopic (exact) mass is 396 g/mol. The number of hydrogen-bond acceptors (Lipinski definition) is 3.